The zero-order valence-electron chi connectivity index (χ0n) is 47.6. The number of rotatable bonds is 16. The maximum Gasteiger partial charge on any atom is 0.430 e. The molecule has 17 nitrogen and oxygen atoms in total. The van der Waals surface area contributed by atoms with Crippen LogP contribution in [0.1, 0.15) is 70.1 Å². The summed E-state index contributed by atoms with van der Waals surface area (Å²) in [5, 5.41) is 17.6. The van der Waals surface area contributed by atoms with Crippen LogP contribution in [0.5, 0.6) is 34.5 Å². The number of amides is 1. The molecule has 10 rings (SSSR count). The summed E-state index contributed by atoms with van der Waals surface area (Å²) in [6.07, 6.45) is -7.15. The van der Waals surface area contributed by atoms with E-state index in [4.69, 9.17) is 54.0 Å². The standard InChI is InChI=1S/C30H35N2O4.C29H30N2O5.2C2HF3O2/c1-31(2)22-10-8-11-23(20-22)34-19-9-17-32(3)18-16-24(21-32)35-30(33)29-25-12-4-6-14-27(25)36-28-15-7-5-13-26(28)29;1-31(16-8-18-34-24-12-5-4-11-23(24)28(30)32)17-15-20(19-31)35-29(33)27-21-9-2-6-13-25(21)36-26-14-7-3-10-22(26)27;2*3-2(4,5)1(6)7/h4-8,10-15,20,24,29H,9,16-19,21H2,1-3H3;2-7,9-14,20,27H,8,15-19H2,1H3,(H-,30,32);2*(H,6,7)/q+1;;;/p-1. The lowest BCUT2D eigenvalue weighted by Crippen LogP contribution is -2.44. The summed E-state index contributed by atoms with van der Waals surface area (Å²) in [5.41, 5.74) is 10.4. The van der Waals surface area contributed by atoms with Gasteiger partial charge in [0.1, 0.15) is 71.4 Å². The van der Waals surface area contributed by atoms with Gasteiger partial charge in [-0.05, 0) is 48.5 Å². The third-order valence-electron chi connectivity index (χ3n) is 14.8. The number of hydrogen-bond donors (Lipinski definition) is 1. The molecule has 0 aromatic heterocycles. The number of aliphatic carboxylic acids is 2. The van der Waals surface area contributed by atoms with Crippen molar-refractivity contribution in [3.05, 3.63) is 173 Å². The molecule has 0 aliphatic carbocycles. The first-order valence-corrected chi connectivity index (χ1v) is 27.5. The maximum atomic E-state index is 13.5. The molecule has 0 radical (unpaired) electrons. The number of esters is 2. The summed E-state index contributed by atoms with van der Waals surface area (Å²) >= 11 is 0. The molecule has 458 valence electrons. The number of carboxylic acid groups (broad SMARTS) is 2. The van der Waals surface area contributed by atoms with E-state index in [1.54, 1.807) is 18.2 Å². The van der Waals surface area contributed by atoms with E-state index in [1.165, 1.54) is 0 Å². The van der Waals surface area contributed by atoms with Crippen molar-refractivity contribution in [1.82, 2.24) is 0 Å². The van der Waals surface area contributed by atoms with Crippen LogP contribution in [-0.2, 0) is 28.7 Å². The molecule has 0 spiro atoms. The number of carbonyl (C=O) groups is 5. The summed E-state index contributed by atoms with van der Waals surface area (Å²) in [7, 11) is 8.49. The van der Waals surface area contributed by atoms with Gasteiger partial charge in [0.2, 0.25) is 0 Å². The molecule has 6 aromatic carbocycles. The highest BCUT2D eigenvalue weighted by Crippen LogP contribution is 2.46. The monoisotopic (exact) mass is 1200 g/mol. The van der Waals surface area contributed by atoms with Crippen molar-refractivity contribution < 1.29 is 97.9 Å². The number of carboxylic acids is 2. The number of ether oxygens (including phenoxy) is 6. The van der Waals surface area contributed by atoms with Crippen LogP contribution in [-0.4, -0.2) is 144 Å². The van der Waals surface area contributed by atoms with Crippen molar-refractivity contribution in [2.45, 2.75) is 62.1 Å². The number of anilines is 1. The number of carbonyl (C=O) groups excluding carboxylic acids is 5. The number of hydrogen-bond acceptors (Lipinski definition) is 14. The van der Waals surface area contributed by atoms with E-state index in [-0.39, 0.29) is 24.1 Å². The minimum absolute atomic E-state index is 0.0811. The minimum Gasteiger partial charge on any atom is -0.542 e. The molecular formula is C63H66F6N4O13. The third-order valence-corrected chi connectivity index (χ3v) is 14.8. The van der Waals surface area contributed by atoms with Crippen molar-refractivity contribution in [2.75, 3.05) is 85.6 Å². The summed E-state index contributed by atoms with van der Waals surface area (Å²) in [6.45, 7) is 6.54. The number of fused-ring (bicyclic) bond motifs is 4. The number of likely N-dealkylation sites (tertiary alicyclic amines) is 2. The molecule has 0 bridgehead atoms. The number of primary amides is 1. The zero-order chi connectivity index (χ0) is 62.4. The highest BCUT2D eigenvalue weighted by Gasteiger charge is 2.42. The van der Waals surface area contributed by atoms with Gasteiger partial charge in [0.25, 0.3) is 5.91 Å². The molecule has 1 amide bonds. The molecule has 4 aliphatic heterocycles. The molecule has 4 unspecified atom stereocenters. The Hall–Kier alpha value is -8.83. The SMILES string of the molecule is CN(C)c1cccc(OCCC[N+]2(C)CCC(OC(=O)C3c4ccccc4Oc4ccccc43)C2)c1.C[N+]1(CCCOc2ccccc2C(N)=O)CCC(OC(=O)C2c3ccccc3Oc3ccccc32)C1.O=C([O-])C(F)(F)F.O=C([O-])C(F)(F)F. The Bertz CT molecular complexity index is 3230. The normalized spacial score (nSPS) is 19.1. The lowest BCUT2D eigenvalue weighted by Gasteiger charge is -2.30. The topological polar surface area (TPSA) is 216 Å². The Kier molecular flexibility index (Phi) is 21.4. The van der Waals surface area contributed by atoms with Crippen LogP contribution in [0.2, 0.25) is 0 Å². The van der Waals surface area contributed by atoms with Gasteiger partial charge >= 0.3 is 24.3 Å². The van der Waals surface area contributed by atoms with Gasteiger partial charge < -0.3 is 67.8 Å². The van der Waals surface area contributed by atoms with Crippen LogP contribution in [0.25, 0.3) is 0 Å². The molecule has 4 atom stereocenters. The fourth-order valence-corrected chi connectivity index (χ4v) is 10.6. The fourth-order valence-electron chi connectivity index (χ4n) is 10.6. The number of benzene rings is 6. The first-order chi connectivity index (χ1) is 40.7. The largest absolute Gasteiger partial charge is 0.542 e. The van der Waals surface area contributed by atoms with Gasteiger partial charge in [-0.15, -0.1) is 0 Å². The molecule has 4 aliphatic rings. The molecule has 2 N–H and O–H groups in total. The summed E-state index contributed by atoms with van der Waals surface area (Å²) in [5.74, 6) is -3.64. The molecular weight excluding hydrogens is 1130 g/mol. The number of nitrogens with two attached hydrogens (primary N) is 1. The Labute approximate surface area is 493 Å². The summed E-state index contributed by atoms with van der Waals surface area (Å²) in [6, 6.07) is 46.0. The summed E-state index contributed by atoms with van der Waals surface area (Å²) in [4.78, 5) is 58.1. The van der Waals surface area contributed by atoms with Crippen molar-refractivity contribution in [2.24, 2.45) is 5.73 Å². The third kappa shape index (κ3) is 17.4. The predicted molar refractivity (Wildman–Crippen MR) is 298 cm³/mol. The van der Waals surface area contributed by atoms with Crippen molar-refractivity contribution in [1.29, 1.82) is 0 Å². The smallest absolute Gasteiger partial charge is 0.430 e. The number of alkyl halides is 6. The maximum absolute atomic E-state index is 13.5. The number of quaternary nitrogens is 2. The predicted octanol–water partition coefficient (Wildman–Crippen LogP) is 8.07. The van der Waals surface area contributed by atoms with E-state index in [0.29, 0.717) is 36.0 Å². The highest BCUT2D eigenvalue weighted by molar-refractivity contribution is 5.95. The van der Waals surface area contributed by atoms with Crippen LogP contribution in [0.3, 0.4) is 0 Å². The van der Waals surface area contributed by atoms with Crippen LogP contribution in [0.15, 0.2) is 146 Å². The van der Waals surface area contributed by atoms with Crippen LogP contribution < -0.4 is 39.8 Å². The van der Waals surface area contributed by atoms with Gasteiger partial charge in [-0.1, -0.05) is 91.0 Å². The number of nitrogens with zero attached hydrogens (tertiary/aromatic N) is 3. The van der Waals surface area contributed by atoms with Crippen LogP contribution in [0, 0.1) is 0 Å². The Morgan fingerprint density at radius 3 is 1.31 bits per heavy atom. The van der Waals surface area contributed by atoms with E-state index in [9.17, 15) is 40.7 Å². The van der Waals surface area contributed by atoms with Gasteiger partial charge in [0.15, 0.2) is 12.2 Å². The Morgan fingerprint density at radius 2 is 0.930 bits per heavy atom. The van der Waals surface area contributed by atoms with Crippen LogP contribution in [0.4, 0.5) is 32.0 Å². The van der Waals surface area contributed by atoms with Crippen molar-refractivity contribution in [3.8, 4) is 34.5 Å². The molecule has 2 fully saturated rings. The van der Waals surface area contributed by atoms with Gasteiger partial charge in [0, 0.05) is 73.8 Å². The average molecular weight is 1200 g/mol. The second-order valence-electron chi connectivity index (χ2n) is 21.6. The van der Waals surface area contributed by atoms with E-state index >= 15 is 0 Å². The summed E-state index contributed by atoms with van der Waals surface area (Å²) < 4.78 is 101. The molecule has 2 saturated heterocycles. The van der Waals surface area contributed by atoms with E-state index in [0.717, 1.165) is 119 Å². The molecule has 4 heterocycles. The van der Waals surface area contributed by atoms with E-state index < -0.39 is 42.0 Å². The fraction of sp³-hybridized carbons (Fsp3) is 0.349. The highest BCUT2D eigenvalue weighted by atomic mass is 19.4. The lowest BCUT2D eigenvalue weighted by atomic mass is 9.88. The van der Waals surface area contributed by atoms with Crippen molar-refractivity contribution >= 4 is 35.5 Å². The first kappa shape index (κ1) is 64.7. The Morgan fingerprint density at radius 1 is 0.558 bits per heavy atom. The molecule has 0 saturated carbocycles. The van der Waals surface area contributed by atoms with E-state index in [2.05, 4.69) is 31.1 Å². The zero-order valence-corrected chi connectivity index (χ0v) is 47.6. The van der Waals surface area contributed by atoms with Gasteiger partial charge in [-0.25, -0.2) is 0 Å². The second kappa shape index (κ2) is 28.4. The number of likely N-dealkylation sites (N-methyl/N-ethyl adjacent to an activating group) is 2. The van der Waals surface area contributed by atoms with Gasteiger partial charge in [-0.2, -0.15) is 26.3 Å². The van der Waals surface area contributed by atoms with E-state index in [1.807, 2.05) is 129 Å². The average Bonchev–Trinajstić information content (AvgIpc) is 0.994. The molecule has 23 heteroatoms. The lowest BCUT2D eigenvalue weighted by molar-refractivity contribution is -0.899. The minimum atomic E-state index is -5.19. The molecule has 86 heavy (non-hydrogen) atoms. The number of para-hydroxylation sites is 5. The first-order valence-electron chi connectivity index (χ1n) is 27.5. The quantitative estimate of drug-likeness (QED) is 0.0420. The van der Waals surface area contributed by atoms with Crippen molar-refractivity contribution in [3.63, 3.8) is 0 Å². The number of halogens is 6. The molecule has 6 aromatic rings. The Balaban J connectivity index is 0.000000201. The second-order valence-corrected chi connectivity index (χ2v) is 21.6. The van der Waals surface area contributed by atoms with Gasteiger partial charge in [0.05, 0.1) is 59.1 Å². The van der Waals surface area contributed by atoms with Crippen LogP contribution >= 0.6 is 0 Å². The van der Waals surface area contributed by atoms with Gasteiger partial charge in [-0.3, -0.25) is 14.4 Å².